The average Bonchev–Trinajstić information content (AvgIpc) is 2.82. The van der Waals surface area contributed by atoms with Gasteiger partial charge in [0.15, 0.2) is 8.32 Å². The van der Waals surface area contributed by atoms with Crippen LogP contribution < -0.4 is 5.19 Å². The number of hydrogen-bond acceptors (Lipinski definition) is 3. The lowest BCUT2D eigenvalue weighted by atomic mass is 9.53. The van der Waals surface area contributed by atoms with Gasteiger partial charge in [0, 0.05) is 12.2 Å². The molecule has 2 fully saturated rings. The Morgan fingerprint density at radius 1 is 1.08 bits per heavy atom. The molecule has 2 aliphatic carbocycles. The zero-order valence-corrected chi connectivity index (χ0v) is 27.7. The molecule has 208 valence electrons. The van der Waals surface area contributed by atoms with E-state index in [9.17, 15) is 0 Å². The Kier molecular flexibility index (Phi) is 7.42. The lowest BCUT2D eigenvalue weighted by molar-refractivity contribution is -0.0968. The van der Waals surface area contributed by atoms with Crippen LogP contribution in [0.4, 0.5) is 0 Å². The number of nitrogens with zero attached hydrogens (tertiary/aromatic N) is 2. The third kappa shape index (κ3) is 5.02. The normalized spacial score (nSPS) is 28.1. The lowest BCUT2D eigenvalue weighted by Gasteiger charge is -2.62. The van der Waals surface area contributed by atoms with E-state index in [4.69, 9.17) is 9.41 Å². The molecule has 1 aromatic carbocycles. The van der Waals surface area contributed by atoms with Crippen molar-refractivity contribution in [2.75, 3.05) is 6.54 Å². The molecule has 1 aromatic heterocycles. The summed E-state index contributed by atoms with van der Waals surface area (Å²) in [6, 6.07) is 13.9. The molecule has 4 atom stereocenters. The Labute approximate surface area is 234 Å². The Hall–Kier alpha value is -1.28. The molecule has 1 saturated carbocycles. The van der Waals surface area contributed by atoms with E-state index >= 15 is 0 Å². The Morgan fingerprint density at radius 3 is 2.45 bits per heavy atom. The molecule has 2 bridgehead atoms. The molecule has 5 rings (SSSR count). The molecule has 1 aliphatic heterocycles. The van der Waals surface area contributed by atoms with Gasteiger partial charge in [-0.2, -0.15) is 0 Å². The minimum atomic E-state index is -1.85. The van der Waals surface area contributed by atoms with E-state index in [1.165, 1.54) is 54.4 Å². The van der Waals surface area contributed by atoms with Crippen molar-refractivity contribution in [1.82, 2.24) is 9.88 Å². The summed E-state index contributed by atoms with van der Waals surface area (Å²) in [5.41, 5.74) is 5.81. The number of fused-ring (bicyclic) bond motifs is 1. The highest BCUT2D eigenvalue weighted by atomic mass is 28.4. The molecule has 2 heterocycles. The van der Waals surface area contributed by atoms with E-state index in [1.54, 1.807) is 5.56 Å². The maximum absolute atomic E-state index is 6.81. The van der Waals surface area contributed by atoms with Crippen molar-refractivity contribution in [3.8, 4) is 0 Å². The van der Waals surface area contributed by atoms with Gasteiger partial charge in [0.2, 0.25) is 0 Å². The smallest absolute Gasteiger partial charge is 0.192 e. The number of likely N-dealkylation sites (tertiary alicyclic amines) is 1. The summed E-state index contributed by atoms with van der Waals surface area (Å²) >= 11 is 0. The molecule has 3 aliphatic rings. The minimum Gasteiger partial charge on any atom is -0.411 e. The fraction of sp³-hybridized carbons (Fsp3) is 0.667. The molecule has 0 amide bonds. The highest BCUT2D eigenvalue weighted by Crippen LogP contribution is 2.59. The summed E-state index contributed by atoms with van der Waals surface area (Å²) in [5.74, 6) is 2.27. The second-order valence-electron chi connectivity index (χ2n) is 15.4. The van der Waals surface area contributed by atoms with Gasteiger partial charge in [0.05, 0.1) is 25.9 Å². The van der Waals surface area contributed by atoms with Gasteiger partial charge in [-0.25, -0.2) is 0 Å². The van der Waals surface area contributed by atoms with Gasteiger partial charge >= 0.3 is 0 Å². The number of hydrogen-bond donors (Lipinski definition) is 0. The summed E-state index contributed by atoms with van der Waals surface area (Å²) in [5, 5.41) is 1.74. The predicted octanol–water partition coefficient (Wildman–Crippen LogP) is 7.86. The molecule has 2 aromatic rings. The van der Waals surface area contributed by atoms with Crippen LogP contribution in [0, 0.1) is 17.8 Å². The number of rotatable bonds is 6. The van der Waals surface area contributed by atoms with Gasteiger partial charge < -0.3 is 4.43 Å². The van der Waals surface area contributed by atoms with E-state index in [-0.39, 0.29) is 10.6 Å². The van der Waals surface area contributed by atoms with Crippen LogP contribution in [-0.4, -0.2) is 32.8 Å². The standard InChI is InChI=1S/C33H52N2OSi2/c1-24-18-26-19-29-28(20-31(37(5,6)7)30(34-29)23-36-38(8,9)32(2,3)4)33(21-24)27(26)16-13-17-35(33)22-25-14-11-10-12-15-25/h10-12,14-15,20,24,26-27H,13,16-19,21-23H2,1-9H3/t24-,26+,27-,33-/m1/s1. The average molecular weight is 549 g/mol. The van der Waals surface area contributed by atoms with Crippen molar-refractivity contribution < 1.29 is 4.43 Å². The van der Waals surface area contributed by atoms with Gasteiger partial charge in [-0.05, 0) is 90.8 Å². The molecule has 5 heteroatoms. The predicted molar refractivity (Wildman–Crippen MR) is 166 cm³/mol. The molecular formula is C33H52N2OSi2. The fourth-order valence-electron chi connectivity index (χ4n) is 7.70. The first-order valence-corrected chi connectivity index (χ1v) is 21.6. The number of benzene rings is 1. The van der Waals surface area contributed by atoms with Crippen molar-refractivity contribution in [1.29, 1.82) is 0 Å². The van der Waals surface area contributed by atoms with Crippen molar-refractivity contribution in [3.63, 3.8) is 0 Å². The zero-order valence-electron chi connectivity index (χ0n) is 25.7. The SMILES string of the molecule is C[C@@H]1C[C@H]2Cc3nc(CO[Si](C)(C)C(C)(C)C)c([Si](C)(C)C)cc3[C@@]3(C1)[C@@H]2CCCN3Cc1ccccc1. The maximum atomic E-state index is 6.81. The first-order chi connectivity index (χ1) is 17.7. The van der Waals surface area contributed by atoms with Crippen LogP contribution in [0.15, 0.2) is 36.4 Å². The van der Waals surface area contributed by atoms with Crippen LogP contribution in [0.3, 0.4) is 0 Å². The fourth-order valence-corrected chi connectivity index (χ4v) is 10.2. The van der Waals surface area contributed by atoms with Gasteiger partial charge in [0.25, 0.3) is 0 Å². The van der Waals surface area contributed by atoms with Crippen molar-refractivity contribution in [2.45, 2.75) is 116 Å². The monoisotopic (exact) mass is 548 g/mol. The number of aromatic nitrogens is 1. The van der Waals surface area contributed by atoms with E-state index in [2.05, 4.69) is 102 Å². The van der Waals surface area contributed by atoms with Crippen LogP contribution in [0.25, 0.3) is 0 Å². The van der Waals surface area contributed by atoms with Crippen LogP contribution in [0.2, 0.25) is 37.8 Å². The second kappa shape index (κ2) is 9.97. The molecule has 0 unspecified atom stereocenters. The summed E-state index contributed by atoms with van der Waals surface area (Å²) in [6.07, 6.45) is 6.50. The third-order valence-corrected chi connectivity index (χ3v) is 17.1. The van der Waals surface area contributed by atoms with Crippen molar-refractivity contribution >= 4 is 21.6 Å². The molecule has 38 heavy (non-hydrogen) atoms. The summed E-state index contributed by atoms with van der Waals surface area (Å²) in [6.45, 7) is 24.7. The summed E-state index contributed by atoms with van der Waals surface area (Å²) in [7, 11) is -3.49. The van der Waals surface area contributed by atoms with Gasteiger partial charge in [0.1, 0.15) is 0 Å². The summed E-state index contributed by atoms with van der Waals surface area (Å²) in [4.78, 5) is 8.51. The number of pyridine rings is 1. The first kappa shape index (κ1) is 28.3. The van der Waals surface area contributed by atoms with Crippen LogP contribution >= 0.6 is 0 Å². The molecule has 0 spiro atoms. The second-order valence-corrected chi connectivity index (χ2v) is 25.2. The van der Waals surface area contributed by atoms with Crippen molar-refractivity contribution in [2.24, 2.45) is 17.8 Å². The van der Waals surface area contributed by atoms with E-state index in [0.29, 0.717) is 6.61 Å². The Bertz CT molecular complexity index is 1150. The quantitative estimate of drug-likeness (QED) is 0.344. The topological polar surface area (TPSA) is 25.4 Å². The molecule has 0 N–H and O–H groups in total. The van der Waals surface area contributed by atoms with Crippen molar-refractivity contribution in [3.05, 3.63) is 58.9 Å². The van der Waals surface area contributed by atoms with Gasteiger partial charge in [-0.3, -0.25) is 9.88 Å². The Morgan fingerprint density at radius 2 is 1.79 bits per heavy atom. The highest BCUT2D eigenvalue weighted by molar-refractivity contribution is 6.89. The third-order valence-electron chi connectivity index (χ3n) is 10.6. The lowest BCUT2D eigenvalue weighted by Crippen LogP contribution is -2.62. The minimum absolute atomic E-state index is 0.129. The zero-order chi connectivity index (χ0) is 27.5. The maximum Gasteiger partial charge on any atom is 0.192 e. The molecule has 0 radical (unpaired) electrons. The largest absolute Gasteiger partial charge is 0.411 e. The van der Waals surface area contributed by atoms with Crippen LogP contribution in [0.5, 0.6) is 0 Å². The highest BCUT2D eigenvalue weighted by Gasteiger charge is 2.57. The first-order valence-electron chi connectivity index (χ1n) is 15.2. The molecule has 3 nitrogen and oxygen atoms in total. The van der Waals surface area contributed by atoms with E-state index < -0.39 is 16.4 Å². The molecule has 1 saturated heterocycles. The van der Waals surface area contributed by atoms with E-state index in [1.807, 2.05) is 0 Å². The molecular weight excluding hydrogens is 497 g/mol. The summed E-state index contributed by atoms with van der Waals surface area (Å²) < 4.78 is 6.81. The number of piperidine rings is 1. The van der Waals surface area contributed by atoms with Gasteiger partial charge in [-0.1, -0.05) is 83.7 Å². The Balaban J connectivity index is 1.62. The van der Waals surface area contributed by atoms with Crippen LogP contribution in [0.1, 0.15) is 75.9 Å². The van der Waals surface area contributed by atoms with E-state index in [0.717, 1.165) is 30.7 Å². The van der Waals surface area contributed by atoms with Gasteiger partial charge in [-0.15, -0.1) is 0 Å². The van der Waals surface area contributed by atoms with Crippen LogP contribution in [-0.2, 0) is 29.5 Å².